The van der Waals surface area contributed by atoms with Gasteiger partial charge in [0.25, 0.3) is 0 Å². The summed E-state index contributed by atoms with van der Waals surface area (Å²) in [5.74, 6) is 0.466. The van der Waals surface area contributed by atoms with Crippen molar-refractivity contribution in [2.75, 3.05) is 7.11 Å². The van der Waals surface area contributed by atoms with Crippen molar-refractivity contribution in [3.8, 4) is 11.5 Å². The lowest BCUT2D eigenvalue weighted by Crippen LogP contribution is -2.59. The number of carbonyl (C=O) groups is 1. The predicted molar refractivity (Wildman–Crippen MR) is 153 cm³/mol. The normalized spacial score (nSPS) is 29.3. The summed E-state index contributed by atoms with van der Waals surface area (Å²) in [6.07, 6.45) is 10.3. The number of esters is 1. The van der Waals surface area contributed by atoms with E-state index in [2.05, 4.69) is 41.2 Å². The van der Waals surface area contributed by atoms with Gasteiger partial charge in [-0.3, -0.25) is 4.79 Å². The van der Waals surface area contributed by atoms with Gasteiger partial charge in [-0.25, -0.2) is 0 Å². The maximum atomic E-state index is 12.7. The number of aromatic hydroxyl groups is 1. The Morgan fingerprint density at radius 2 is 1.92 bits per heavy atom. The Morgan fingerprint density at radius 1 is 1.24 bits per heavy atom. The largest absolute Gasteiger partial charge is 0.504 e. The predicted octanol–water partition coefficient (Wildman–Crippen LogP) is 7.05. The maximum absolute atomic E-state index is 12.7. The summed E-state index contributed by atoms with van der Waals surface area (Å²) in [6, 6.07) is 3.74. The van der Waals surface area contributed by atoms with Crippen LogP contribution in [0.25, 0.3) is 0 Å². The number of allylic oxidation sites excluding steroid dienone is 4. The Hall–Kier alpha value is -2.37. The number of methoxy groups -OCH3 is 1. The molecular formula is C33H48O5. The van der Waals surface area contributed by atoms with Gasteiger partial charge >= 0.3 is 5.97 Å². The second-order valence-electron chi connectivity index (χ2n) is 12.7. The molecule has 1 saturated carbocycles. The summed E-state index contributed by atoms with van der Waals surface area (Å²) in [4.78, 5) is 12.7. The summed E-state index contributed by atoms with van der Waals surface area (Å²) >= 11 is 0. The van der Waals surface area contributed by atoms with Crippen molar-refractivity contribution in [2.24, 2.45) is 23.2 Å². The maximum Gasteiger partial charge on any atom is 0.315 e. The third kappa shape index (κ3) is 5.51. The first-order chi connectivity index (χ1) is 17.7. The highest BCUT2D eigenvalue weighted by Gasteiger charge is 2.58. The Morgan fingerprint density at radius 3 is 2.50 bits per heavy atom. The summed E-state index contributed by atoms with van der Waals surface area (Å²) in [5.41, 5.74) is 1.29. The average Bonchev–Trinajstić information content (AvgIpc) is 2.84. The van der Waals surface area contributed by atoms with Crippen LogP contribution in [0, 0.1) is 23.2 Å². The van der Waals surface area contributed by atoms with Crippen LogP contribution in [0.4, 0.5) is 0 Å². The van der Waals surface area contributed by atoms with Crippen LogP contribution in [0.15, 0.2) is 48.6 Å². The highest BCUT2D eigenvalue weighted by Crippen LogP contribution is 2.61. The summed E-state index contributed by atoms with van der Waals surface area (Å²) in [6.45, 7) is 18.2. The molecule has 0 aromatic heterocycles. The number of hydrogen-bond acceptors (Lipinski definition) is 5. The van der Waals surface area contributed by atoms with Crippen LogP contribution in [0.5, 0.6) is 11.5 Å². The molecule has 0 bridgehead atoms. The Bertz CT molecular complexity index is 1090. The van der Waals surface area contributed by atoms with E-state index in [9.17, 15) is 15.0 Å². The zero-order valence-electron chi connectivity index (χ0n) is 24.6. The summed E-state index contributed by atoms with van der Waals surface area (Å²) in [5, 5.41) is 23.4. The zero-order valence-corrected chi connectivity index (χ0v) is 24.6. The molecule has 0 heterocycles. The molecule has 0 amide bonds. The standard InChI is InChI=1S/C33H48O5/c1-10-12-13-14-21(3)17-28(34)38-26-16-15-23-18-22(4)24-19-25(32(8,36)31(5,6)7)27(37-9)20-33(24,11-2)29(23)30(26)35/h10,12-16,22,24-25,27,35-36H,1,11,17-20H2,2-9H3/b13-12-,21-14+/t22?,24?,25-,27?,32?,33?/m0/s1. The van der Waals surface area contributed by atoms with Gasteiger partial charge in [0.2, 0.25) is 0 Å². The molecule has 2 aliphatic carbocycles. The van der Waals surface area contributed by atoms with Crippen LogP contribution in [0.3, 0.4) is 0 Å². The monoisotopic (exact) mass is 524 g/mol. The molecule has 2 aliphatic rings. The molecule has 0 aliphatic heterocycles. The van der Waals surface area contributed by atoms with Gasteiger partial charge in [-0.2, -0.15) is 0 Å². The number of rotatable bonds is 8. The van der Waals surface area contributed by atoms with Crippen LogP contribution < -0.4 is 4.74 Å². The van der Waals surface area contributed by atoms with Gasteiger partial charge in [-0.15, -0.1) is 0 Å². The van der Waals surface area contributed by atoms with Gasteiger partial charge < -0.3 is 19.7 Å². The number of fused-ring (bicyclic) bond motifs is 3. The first kappa shape index (κ1) is 30.2. The minimum Gasteiger partial charge on any atom is -0.504 e. The Kier molecular flexibility index (Phi) is 9.05. The lowest BCUT2D eigenvalue weighted by Gasteiger charge is -2.59. The number of ether oxygens (including phenoxy) is 2. The second-order valence-corrected chi connectivity index (χ2v) is 12.7. The van der Waals surface area contributed by atoms with Gasteiger partial charge in [0.1, 0.15) is 0 Å². The highest BCUT2D eigenvalue weighted by atomic mass is 16.5. The first-order valence-corrected chi connectivity index (χ1v) is 14.0. The molecule has 1 aromatic carbocycles. The molecule has 1 fully saturated rings. The molecule has 210 valence electrons. The molecule has 5 heteroatoms. The van der Waals surface area contributed by atoms with E-state index in [-0.39, 0.29) is 46.7 Å². The smallest absolute Gasteiger partial charge is 0.315 e. The molecule has 1 aromatic rings. The second kappa shape index (κ2) is 11.4. The summed E-state index contributed by atoms with van der Waals surface area (Å²) < 4.78 is 11.8. The van der Waals surface area contributed by atoms with E-state index in [1.54, 1.807) is 25.3 Å². The van der Waals surface area contributed by atoms with Gasteiger partial charge in [0, 0.05) is 24.0 Å². The van der Waals surface area contributed by atoms with Crippen LogP contribution in [0.1, 0.15) is 85.3 Å². The topological polar surface area (TPSA) is 76.0 Å². The van der Waals surface area contributed by atoms with Gasteiger partial charge in [-0.1, -0.05) is 77.1 Å². The molecule has 0 radical (unpaired) electrons. The Balaban J connectivity index is 2.01. The SMILES string of the molecule is C=C/C=C\C=C(/C)CC(=O)Oc1ccc2c(c1O)C1(CC)CC(OC)[C@@H](C(C)(O)C(C)(C)C)CC1C(C)C2. The van der Waals surface area contributed by atoms with Crippen molar-refractivity contribution in [2.45, 2.75) is 97.7 Å². The van der Waals surface area contributed by atoms with E-state index in [1.807, 2.05) is 32.1 Å². The number of phenolic OH excluding ortho intramolecular Hbond substituents is 1. The van der Waals surface area contributed by atoms with Gasteiger partial charge in [0.05, 0.1) is 18.1 Å². The highest BCUT2D eigenvalue weighted by molar-refractivity contribution is 5.76. The minimum atomic E-state index is -0.917. The van der Waals surface area contributed by atoms with E-state index in [0.717, 1.165) is 36.0 Å². The number of aliphatic hydroxyl groups is 1. The Labute approximate surface area is 229 Å². The molecule has 2 N–H and O–H groups in total. The fourth-order valence-corrected chi connectivity index (χ4v) is 7.00. The molecule has 0 saturated heterocycles. The van der Waals surface area contributed by atoms with Crippen molar-refractivity contribution in [3.63, 3.8) is 0 Å². The number of phenols is 1. The molecule has 3 rings (SSSR count). The van der Waals surface area contributed by atoms with Crippen molar-refractivity contribution in [3.05, 3.63) is 59.7 Å². The third-order valence-electron chi connectivity index (χ3n) is 9.63. The van der Waals surface area contributed by atoms with Crippen LogP contribution in [0.2, 0.25) is 0 Å². The van der Waals surface area contributed by atoms with Gasteiger partial charge in [-0.05, 0) is 68.4 Å². The van der Waals surface area contributed by atoms with Crippen LogP contribution in [-0.2, 0) is 21.4 Å². The summed E-state index contributed by atoms with van der Waals surface area (Å²) in [7, 11) is 1.73. The van der Waals surface area contributed by atoms with E-state index in [4.69, 9.17) is 9.47 Å². The number of benzene rings is 1. The molecular weight excluding hydrogens is 476 g/mol. The lowest BCUT2D eigenvalue weighted by molar-refractivity contribution is -0.168. The van der Waals surface area contributed by atoms with Crippen molar-refractivity contribution < 1.29 is 24.5 Å². The van der Waals surface area contributed by atoms with Gasteiger partial charge in [0.15, 0.2) is 11.5 Å². The van der Waals surface area contributed by atoms with Crippen molar-refractivity contribution >= 4 is 5.97 Å². The molecule has 0 spiro atoms. The van der Waals surface area contributed by atoms with E-state index >= 15 is 0 Å². The first-order valence-electron chi connectivity index (χ1n) is 14.0. The lowest BCUT2D eigenvalue weighted by atomic mass is 9.48. The molecule has 6 atom stereocenters. The van der Waals surface area contributed by atoms with Crippen molar-refractivity contribution in [1.29, 1.82) is 0 Å². The van der Waals surface area contributed by atoms with Crippen LogP contribution >= 0.6 is 0 Å². The van der Waals surface area contributed by atoms with E-state index in [1.165, 1.54) is 0 Å². The van der Waals surface area contributed by atoms with E-state index < -0.39 is 11.6 Å². The number of hydrogen-bond donors (Lipinski definition) is 2. The van der Waals surface area contributed by atoms with Crippen LogP contribution in [-0.4, -0.2) is 35.0 Å². The zero-order chi connectivity index (χ0) is 28.5. The molecule has 5 nitrogen and oxygen atoms in total. The molecule has 5 unspecified atom stereocenters. The van der Waals surface area contributed by atoms with Crippen molar-refractivity contribution in [1.82, 2.24) is 0 Å². The third-order valence-corrected chi connectivity index (χ3v) is 9.63. The average molecular weight is 525 g/mol. The fourth-order valence-electron chi connectivity index (χ4n) is 7.00. The quantitative estimate of drug-likeness (QED) is 0.216. The minimum absolute atomic E-state index is 0.0331. The van der Waals surface area contributed by atoms with E-state index in [0.29, 0.717) is 12.3 Å². The fraction of sp³-hybridized carbons (Fsp3) is 0.606. The molecule has 38 heavy (non-hydrogen) atoms. The number of carbonyl (C=O) groups excluding carboxylic acids is 1.